The monoisotopic (exact) mass is 164 g/mol. The smallest absolute Gasteiger partial charge is 0.205 e. The van der Waals surface area contributed by atoms with Crippen LogP contribution in [0, 0.1) is 11.6 Å². The molecule has 0 N–H and O–H groups in total. The zero-order chi connectivity index (χ0) is 8.43. The van der Waals surface area contributed by atoms with Crippen molar-refractivity contribution in [2.24, 2.45) is 0 Å². The third-order valence-corrected chi connectivity index (χ3v) is 1.20. The van der Waals surface area contributed by atoms with Crippen molar-refractivity contribution in [3.8, 4) is 0 Å². The lowest BCUT2D eigenvalue weighted by molar-refractivity contribution is 0.150. The number of alkyl halides is 2. The van der Waals surface area contributed by atoms with Gasteiger partial charge in [-0.25, -0.2) is 17.6 Å². The third kappa shape index (κ3) is 1.69. The Morgan fingerprint density at radius 3 is 2.09 bits per heavy atom. The van der Waals surface area contributed by atoms with E-state index >= 15 is 0 Å². The molecule has 0 aliphatic rings. The molecule has 0 bridgehead atoms. The van der Waals surface area contributed by atoms with Crippen molar-refractivity contribution in [3.05, 3.63) is 35.4 Å². The van der Waals surface area contributed by atoms with Crippen molar-refractivity contribution in [3.63, 3.8) is 0 Å². The first kappa shape index (κ1) is 8.04. The van der Waals surface area contributed by atoms with Crippen molar-refractivity contribution in [1.29, 1.82) is 0 Å². The lowest BCUT2D eigenvalue weighted by atomic mass is 10.2. The molecule has 0 aliphatic carbocycles. The summed E-state index contributed by atoms with van der Waals surface area (Å²) >= 11 is 0. The van der Waals surface area contributed by atoms with Gasteiger partial charge in [-0.1, -0.05) is 6.07 Å². The zero-order valence-electron chi connectivity index (χ0n) is 5.32. The maximum atomic E-state index is 12.2. The summed E-state index contributed by atoms with van der Waals surface area (Å²) in [6.45, 7) is 0. The van der Waals surface area contributed by atoms with E-state index in [-0.39, 0.29) is 0 Å². The molecular weight excluding hydrogens is 160 g/mol. The van der Waals surface area contributed by atoms with Gasteiger partial charge in [0.1, 0.15) is 0 Å². The Balaban J connectivity index is 3.05. The minimum atomic E-state index is -2.76. The van der Waals surface area contributed by atoms with Gasteiger partial charge >= 0.3 is 0 Å². The molecule has 11 heavy (non-hydrogen) atoms. The van der Waals surface area contributed by atoms with Crippen molar-refractivity contribution < 1.29 is 17.6 Å². The van der Waals surface area contributed by atoms with E-state index in [0.29, 0.717) is 12.1 Å². The van der Waals surface area contributed by atoms with E-state index in [1.165, 1.54) is 0 Å². The normalized spacial score (nSPS) is 10.6. The molecular formula is C7H4F4. The minimum Gasteiger partial charge on any atom is -0.205 e. The van der Waals surface area contributed by atoms with E-state index in [1.54, 1.807) is 0 Å². The summed E-state index contributed by atoms with van der Waals surface area (Å²) in [4.78, 5) is 0. The van der Waals surface area contributed by atoms with Crippen LogP contribution in [-0.4, -0.2) is 0 Å². The number of hydrogen-bond donors (Lipinski definition) is 0. The van der Waals surface area contributed by atoms with Crippen LogP contribution in [-0.2, 0) is 0 Å². The molecule has 0 aliphatic heterocycles. The molecule has 0 aromatic heterocycles. The van der Waals surface area contributed by atoms with Gasteiger partial charge in [-0.15, -0.1) is 0 Å². The van der Waals surface area contributed by atoms with E-state index in [2.05, 4.69) is 0 Å². The molecule has 1 rings (SSSR count). The van der Waals surface area contributed by atoms with Gasteiger partial charge in [0.05, 0.1) is 0 Å². The van der Waals surface area contributed by atoms with E-state index in [9.17, 15) is 17.6 Å². The highest BCUT2D eigenvalue weighted by molar-refractivity contribution is 5.18. The van der Waals surface area contributed by atoms with E-state index in [0.717, 1.165) is 6.07 Å². The Morgan fingerprint density at radius 2 is 1.64 bits per heavy atom. The summed E-state index contributed by atoms with van der Waals surface area (Å²) in [5.41, 5.74) is -0.510. The summed E-state index contributed by atoms with van der Waals surface area (Å²) in [6, 6.07) is 2.01. The van der Waals surface area contributed by atoms with Gasteiger partial charge in [0.2, 0.25) is 0 Å². The summed E-state index contributed by atoms with van der Waals surface area (Å²) in [7, 11) is 0. The molecule has 0 unspecified atom stereocenters. The highest BCUT2D eigenvalue weighted by atomic mass is 19.3. The fourth-order valence-corrected chi connectivity index (χ4v) is 0.648. The second kappa shape index (κ2) is 2.90. The average Bonchev–Trinajstić information content (AvgIpc) is 1.94. The second-order valence-corrected chi connectivity index (χ2v) is 1.97. The SMILES string of the molecule is Fc1ccc(C(F)F)cc1F. The quantitative estimate of drug-likeness (QED) is 0.560. The van der Waals surface area contributed by atoms with Crippen LogP contribution in [0.3, 0.4) is 0 Å². The molecule has 0 saturated heterocycles. The van der Waals surface area contributed by atoms with Gasteiger partial charge in [0.15, 0.2) is 11.6 Å². The largest absolute Gasteiger partial charge is 0.263 e. The predicted octanol–water partition coefficient (Wildman–Crippen LogP) is 2.90. The second-order valence-electron chi connectivity index (χ2n) is 1.97. The molecule has 0 nitrogen and oxygen atoms in total. The van der Waals surface area contributed by atoms with Crippen LogP contribution >= 0.6 is 0 Å². The van der Waals surface area contributed by atoms with E-state index < -0.39 is 23.6 Å². The van der Waals surface area contributed by atoms with E-state index in [1.807, 2.05) is 0 Å². The Kier molecular flexibility index (Phi) is 2.12. The number of halogens is 4. The highest BCUT2D eigenvalue weighted by Crippen LogP contribution is 2.20. The van der Waals surface area contributed by atoms with Gasteiger partial charge in [0.25, 0.3) is 6.43 Å². The topological polar surface area (TPSA) is 0 Å². The molecule has 0 radical (unpaired) electrons. The van der Waals surface area contributed by atoms with Crippen molar-refractivity contribution in [1.82, 2.24) is 0 Å². The molecule has 60 valence electrons. The molecule has 4 heteroatoms. The summed E-state index contributed by atoms with van der Waals surface area (Å²) in [5.74, 6) is -2.36. The van der Waals surface area contributed by atoms with Gasteiger partial charge < -0.3 is 0 Å². The predicted molar refractivity (Wildman–Crippen MR) is 31.3 cm³/mol. The number of benzene rings is 1. The van der Waals surface area contributed by atoms with Crippen LogP contribution in [0.1, 0.15) is 12.0 Å². The maximum absolute atomic E-state index is 12.2. The standard InChI is InChI=1S/C7H4F4/c8-5-2-1-4(7(10)11)3-6(5)9/h1-3,7H. The molecule has 0 atom stereocenters. The van der Waals surface area contributed by atoms with Crippen LogP contribution in [0.15, 0.2) is 18.2 Å². The van der Waals surface area contributed by atoms with Gasteiger partial charge in [-0.05, 0) is 12.1 Å². The lowest BCUT2D eigenvalue weighted by Gasteiger charge is -1.98. The van der Waals surface area contributed by atoms with Crippen LogP contribution in [0.2, 0.25) is 0 Å². The molecule has 0 fully saturated rings. The molecule has 0 heterocycles. The average molecular weight is 164 g/mol. The minimum absolute atomic E-state index is 0.486. The Labute approximate surface area is 60.5 Å². The molecule has 0 spiro atoms. The Hall–Kier alpha value is -1.06. The van der Waals surface area contributed by atoms with Gasteiger partial charge in [-0.3, -0.25) is 0 Å². The van der Waals surface area contributed by atoms with Crippen molar-refractivity contribution in [2.75, 3.05) is 0 Å². The molecule has 0 saturated carbocycles. The fourth-order valence-electron chi connectivity index (χ4n) is 0.648. The van der Waals surface area contributed by atoms with Crippen molar-refractivity contribution >= 4 is 0 Å². The first-order valence-electron chi connectivity index (χ1n) is 2.84. The fraction of sp³-hybridized carbons (Fsp3) is 0.143. The summed E-state index contributed by atoms with van der Waals surface area (Å²) in [6.07, 6.45) is -2.76. The molecule has 0 amide bonds. The number of rotatable bonds is 1. The van der Waals surface area contributed by atoms with Crippen LogP contribution in [0.5, 0.6) is 0 Å². The molecule has 1 aromatic carbocycles. The van der Waals surface area contributed by atoms with Gasteiger partial charge in [-0.2, -0.15) is 0 Å². The van der Waals surface area contributed by atoms with Crippen LogP contribution in [0.4, 0.5) is 17.6 Å². The van der Waals surface area contributed by atoms with Crippen LogP contribution in [0.25, 0.3) is 0 Å². The van der Waals surface area contributed by atoms with Gasteiger partial charge in [0, 0.05) is 5.56 Å². The molecule has 1 aromatic rings. The Morgan fingerprint density at radius 1 is 1.00 bits per heavy atom. The first-order chi connectivity index (χ1) is 5.11. The number of hydrogen-bond acceptors (Lipinski definition) is 0. The Bertz CT molecular complexity index is 257. The summed E-state index contributed by atoms with van der Waals surface area (Å²) < 4.78 is 48.0. The van der Waals surface area contributed by atoms with Crippen LogP contribution < -0.4 is 0 Å². The summed E-state index contributed by atoms with van der Waals surface area (Å²) in [5, 5.41) is 0. The lowest BCUT2D eigenvalue weighted by Crippen LogP contribution is -1.88. The maximum Gasteiger partial charge on any atom is 0.263 e. The third-order valence-electron chi connectivity index (χ3n) is 1.20. The first-order valence-corrected chi connectivity index (χ1v) is 2.84. The highest BCUT2D eigenvalue weighted by Gasteiger charge is 2.09. The zero-order valence-corrected chi connectivity index (χ0v) is 5.32. The van der Waals surface area contributed by atoms with Crippen molar-refractivity contribution in [2.45, 2.75) is 6.43 Å². The van der Waals surface area contributed by atoms with E-state index in [4.69, 9.17) is 0 Å².